The van der Waals surface area contributed by atoms with Crippen molar-refractivity contribution in [2.75, 3.05) is 5.32 Å². The van der Waals surface area contributed by atoms with Gasteiger partial charge in [-0.15, -0.1) is 0 Å². The van der Waals surface area contributed by atoms with Gasteiger partial charge in [-0.05, 0) is 27.2 Å². The molecule has 0 saturated heterocycles. The summed E-state index contributed by atoms with van der Waals surface area (Å²) in [4.78, 5) is 17.0. The van der Waals surface area contributed by atoms with E-state index in [1.165, 1.54) is 0 Å². The molecule has 0 bridgehead atoms. The van der Waals surface area contributed by atoms with Gasteiger partial charge >= 0.3 is 0 Å². The molecule has 3 heterocycles. The van der Waals surface area contributed by atoms with Crippen molar-refractivity contribution in [2.45, 2.75) is 71.6 Å². The largest absolute Gasteiger partial charge is 0.310 e. The van der Waals surface area contributed by atoms with Crippen molar-refractivity contribution in [3.8, 4) is 0 Å². The van der Waals surface area contributed by atoms with Gasteiger partial charge in [0, 0.05) is 31.0 Å². The second-order valence-corrected chi connectivity index (χ2v) is 6.85. The number of amides is 1. The molecule has 2 atom stereocenters. The fourth-order valence-electron chi connectivity index (χ4n) is 3.13. The van der Waals surface area contributed by atoms with E-state index in [0.717, 1.165) is 43.3 Å². The number of aromatic nitrogens is 5. The summed E-state index contributed by atoms with van der Waals surface area (Å²) in [6, 6.07) is 1.94. The van der Waals surface area contributed by atoms with Crippen LogP contribution in [0.4, 0.5) is 5.82 Å². The van der Waals surface area contributed by atoms with Crippen LogP contribution in [0.3, 0.4) is 0 Å². The highest BCUT2D eigenvalue weighted by molar-refractivity contribution is 5.93. The minimum atomic E-state index is -0.295. The van der Waals surface area contributed by atoms with Gasteiger partial charge in [0.15, 0.2) is 5.82 Å². The molecule has 2 aromatic heterocycles. The number of aryl methyl sites for hydroxylation is 2. The summed E-state index contributed by atoms with van der Waals surface area (Å²) >= 11 is 0. The molecule has 3 rings (SSSR count). The van der Waals surface area contributed by atoms with Gasteiger partial charge in [-0.2, -0.15) is 10.2 Å². The van der Waals surface area contributed by atoms with Crippen molar-refractivity contribution in [3.63, 3.8) is 0 Å². The number of hydrogen-bond acceptors (Lipinski definition) is 5. The van der Waals surface area contributed by atoms with Gasteiger partial charge in [-0.25, -0.2) is 14.3 Å². The van der Waals surface area contributed by atoms with E-state index < -0.39 is 0 Å². The highest BCUT2D eigenvalue weighted by Crippen LogP contribution is 2.15. The molecule has 1 aliphatic heterocycles. The summed E-state index contributed by atoms with van der Waals surface area (Å²) in [5.74, 6) is 2.61. The fraction of sp³-hybridized carbons (Fsp3) is 0.647. The van der Waals surface area contributed by atoms with Crippen molar-refractivity contribution in [2.24, 2.45) is 0 Å². The van der Waals surface area contributed by atoms with Crippen molar-refractivity contribution in [1.29, 1.82) is 0 Å². The molecule has 8 nitrogen and oxygen atoms in total. The van der Waals surface area contributed by atoms with E-state index in [1.54, 1.807) is 10.9 Å². The standard InChI is InChI=1S/C17H27N7O/c1-5-14-20-15-7-6-13(10-23(15)22-14)19-12(4)17(25)21-16-8-9-18-24(16)11(2)3/h8-9,11-13,19H,5-7,10H2,1-4H3,(H,21,25)/t12-,13+/m1/s1. The number of hydrogen-bond donors (Lipinski definition) is 2. The molecule has 8 heteroatoms. The van der Waals surface area contributed by atoms with Gasteiger partial charge in [0.1, 0.15) is 11.6 Å². The van der Waals surface area contributed by atoms with Crippen LogP contribution in [-0.2, 0) is 24.2 Å². The van der Waals surface area contributed by atoms with Gasteiger partial charge in [0.2, 0.25) is 5.91 Å². The van der Waals surface area contributed by atoms with E-state index in [2.05, 4.69) is 32.7 Å². The minimum Gasteiger partial charge on any atom is -0.310 e. The molecule has 2 N–H and O–H groups in total. The number of nitrogens with one attached hydrogen (secondary N) is 2. The lowest BCUT2D eigenvalue weighted by atomic mass is 10.1. The topological polar surface area (TPSA) is 89.7 Å². The lowest BCUT2D eigenvalue weighted by Gasteiger charge is -2.26. The Morgan fingerprint density at radius 3 is 2.92 bits per heavy atom. The number of nitrogens with zero attached hydrogens (tertiary/aromatic N) is 5. The lowest BCUT2D eigenvalue weighted by Crippen LogP contribution is -2.47. The predicted octanol–water partition coefficient (Wildman–Crippen LogP) is 1.55. The van der Waals surface area contributed by atoms with Crippen LogP contribution in [-0.4, -0.2) is 42.5 Å². The average Bonchev–Trinajstić information content (AvgIpc) is 3.20. The normalized spacial score (nSPS) is 18.2. The van der Waals surface area contributed by atoms with E-state index in [9.17, 15) is 4.79 Å². The Morgan fingerprint density at radius 2 is 2.20 bits per heavy atom. The van der Waals surface area contributed by atoms with Crippen LogP contribution >= 0.6 is 0 Å². The minimum absolute atomic E-state index is 0.0546. The maximum Gasteiger partial charge on any atom is 0.242 e. The van der Waals surface area contributed by atoms with E-state index in [0.29, 0.717) is 0 Å². The Hall–Kier alpha value is -2.22. The Labute approximate surface area is 148 Å². The molecule has 1 aliphatic rings. The van der Waals surface area contributed by atoms with Crippen LogP contribution < -0.4 is 10.6 Å². The molecule has 0 aliphatic carbocycles. The van der Waals surface area contributed by atoms with Crippen molar-refractivity contribution >= 4 is 11.7 Å². The molecule has 0 unspecified atom stereocenters. The van der Waals surface area contributed by atoms with Crippen LogP contribution in [0.5, 0.6) is 0 Å². The summed E-state index contributed by atoms with van der Waals surface area (Å²) in [6.45, 7) is 8.77. The maximum absolute atomic E-state index is 12.5. The number of carbonyl (C=O) groups is 1. The molecular formula is C17H27N7O. The van der Waals surface area contributed by atoms with Crippen molar-refractivity contribution in [3.05, 3.63) is 23.9 Å². The maximum atomic E-state index is 12.5. The third-order valence-electron chi connectivity index (χ3n) is 4.51. The van der Waals surface area contributed by atoms with E-state index in [4.69, 9.17) is 0 Å². The SMILES string of the molecule is CCc1nc2n(n1)C[C@@H](N[C@H](C)C(=O)Nc1ccnn1C(C)C)CC2. The zero-order valence-electron chi connectivity index (χ0n) is 15.4. The summed E-state index contributed by atoms with van der Waals surface area (Å²) < 4.78 is 3.78. The molecule has 2 aromatic rings. The molecule has 136 valence electrons. The van der Waals surface area contributed by atoms with Gasteiger partial charge < -0.3 is 10.6 Å². The van der Waals surface area contributed by atoms with E-state index in [1.807, 2.05) is 31.5 Å². The van der Waals surface area contributed by atoms with Gasteiger partial charge in [-0.3, -0.25) is 4.79 Å². The van der Waals surface area contributed by atoms with Crippen molar-refractivity contribution < 1.29 is 4.79 Å². The first kappa shape index (κ1) is 17.6. The van der Waals surface area contributed by atoms with E-state index >= 15 is 0 Å². The summed E-state index contributed by atoms with van der Waals surface area (Å²) in [5, 5.41) is 15.1. The van der Waals surface area contributed by atoms with Crippen LogP contribution in [0.25, 0.3) is 0 Å². The summed E-state index contributed by atoms with van der Waals surface area (Å²) in [6.07, 6.45) is 4.40. The summed E-state index contributed by atoms with van der Waals surface area (Å²) in [5.41, 5.74) is 0. The third kappa shape index (κ3) is 3.89. The second-order valence-electron chi connectivity index (χ2n) is 6.85. The molecule has 0 aromatic carbocycles. The smallest absolute Gasteiger partial charge is 0.242 e. The van der Waals surface area contributed by atoms with Gasteiger partial charge in [0.05, 0.1) is 18.8 Å². The van der Waals surface area contributed by atoms with Crippen molar-refractivity contribution in [1.82, 2.24) is 29.9 Å². The fourth-order valence-corrected chi connectivity index (χ4v) is 3.13. The molecule has 0 saturated carbocycles. The summed E-state index contributed by atoms with van der Waals surface area (Å²) in [7, 11) is 0. The highest BCUT2D eigenvalue weighted by Gasteiger charge is 2.25. The average molecular weight is 345 g/mol. The van der Waals surface area contributed by atoms with E-state index in [-0.39, 0.29) is 24.0 Å². The number of anilines is 1. The van der Waals surface area contributed by atoms with Crippen LogP contribution in [0.1, 0.15) is 51.8 Å². The van der Waals surface area contributed by atoms with Gasteiger partial charge in [-0.1, -0.05) is 6.92 Å². The molecule has 0 radical (unpaired) electrons. The number of fused-ring (bicyclic) bond motifs is 1. The molecule has 1 amide bonds. The molecule has 0 fully saturated rings. The first-order chi connectivity index (χ1) is 12.0. The third-order valence-corrected chi connectivity index (χ3v) is 4.51. The molecule has 0 spiro atoms. The van der Waals surface area contributed by atoms with Crippen LogP contribution in [0, 0.1) is 0 Å². The number of rotatable bonds is 6. The second kappa shape index (κ2) is 7.35. The monoisotopic (exact) mass is 345 g/mol. The van der Waals surface area contributed by atoms with Crippen LogP contribution in [0.2, 0.25) is 0 Å². The molecule has 25 heavy (non-hydrogen) atoms. The Balaban J connectivity index is 1.57. The first-order valence-electron chi connectivity index (χ1n) is 9.01. The zero-order chi connectivity index (χ0) is 18.0. The predicted molar refractivity (Wildman–Crippen MR) is 95.3 cm³/mol. The highest BCUT2D eigenvalue weighted by atomic mass is 16.2. The Bertz CT molecular complexity index is 733. The van der Waals surface area contributed by atoms with Crippen LogP contribution in [0.15, 0.2) is 12.3 Å². The lowest BCUT2D eigenvalue weighted by molar-refractivity contribution is -0.118. The van der Waals surface area contributed by atoms with Gasteiger partial charge in [0.25, 0.3) is 0 Å². The number of carbonyl (C=O) groups excluding carboxylic acids is 1. The first-order valence-corrected chi connectivity index (χ1v) is 9.01. The Kier molecular flexibility index (Phi) is 5.17. The Morgan fingerprint density at radius 1 is 1.40 bits per heavy atom. The molecular weight excluding hydrogens is 318 g/mol. The quantitative estimate of drug-likeness (QED) is 0.829. The zero-order valence-corrected chi connectivity index (χ0v) is 15.4.